The second-order valence-corrected chi connectivity index (χ2v) is 6.47. The van der Waals surface area contributed by atoms with Crippen LogP contribution in [0.1, 0.15) is 32.1 Å². The van der Waals surface area contributed by atoms with Crippen LogP contribution in [0.25, 0.3) is 11.1 Å². The molecule has 1 aliphatic heterocycles. The molecule has 5 nitrogen and oxygen atoms in total. The van der Waals surface area contributed by atoms with Gasteiger partial charge >= 0.3 is 0 Å². The Balaban J connectivity index is 1.61. The zero-order chi connectivity index (χ0) is 14.4. The van der Waals surface area contributed by atoms with Crippen LogP contribution in [0.3, 0.4) is 0 Å². The van der Waals surface area contributed by atoms with E-state index < -0.39 is 5.60 Å². The largest absolute Gasteiger partial charge is 0.423 e. The summed E-state index contributed by atoms with van der Waals surface area (Å²) in [6.07, 6.45) is 5.20. The summed E-state index contributed by atoms with van der Waals surface area (Å²) < 4.78 is 5.85. The summed E-state index contributed by atoms with van der Waals surface area (Å²) in [6, 6.07) is 6.18. The van der Waals surface area contributed by atoms with Crippen LogP contribution >= 0.6 is 0 Å². The topological polar surface area (TPSA) is 75.5 Å². The Morgan fingerprint density at radius 1 is 1.33 bits per heavy atom. The minimum Gasteiger partial charge on any atom is -0.423 e. The summed E-state index contributed by atoms with van der Waals surface area (Å²) >= 11 is 0. The Hall–Kier alpha value is -1.75. The van der Waals surface area contributed by atoms with Crippen molar-refractivity contribution >= 4 is 22.8 Å². The maximum absolute atomic E-state index is 10.7. The van der Waals surface area contributed by atoms with Gasteiger partial charge in [0.05, 0.1) is 5.60 Å². The maximum atomic E-state index is 10.7. The SMILES string of the molecule is Nc1ccc2oc(N3CCC4(O)CCCCC4C3)nc2c1. The van der Waals surface area contributed by atoms with Crippen LogP contribution in [0.2, 0.25) is 0 Å². The summed E-state index contributed by atoms with van der Waals surface area (Å²) in [4.78, 5) is 6.72. The summed E-state index contributed by atoms with van der Waals surface area (Å²) in [7, 11) is 0. The molecule has 2 heterocycles. The molecule has 0 radical (unpaired) electrons. The first-order chi connectivity index (χ1) is 10.1. The number of aliphatic hydroxyl groups is 1. The first-order valence-electron chi connectivity index (χ1n) is 7.77. The third kappa shape index (κ3) is 2.16. The van der Waals surface area contributed by atoms with Gasteiger partial charge in [-0.2, -0.15) is 4.98 Å². The first-order valence-corrected chi connectivity index (χ1v) is 7.77. The fourth-order valence-corrected chi connectivity index (χ4v) is 3.81. The molecule has 112 valence electrons. The van der Waals surface area contributed by atoms with Crippen molar-refractivity contribution in [3.05, 3.63) is 18.2 Å². The number of aromatic nitrogens is 1. The van der Waals surface area contributed by atoms with Gasteiger partial charge in [0.2, 0.25) is 0 Å². The van der Waals surface area contributed by atoms with E-state index in [0.29, 0.717) is 17.6 Å². The number of benzene rings is 1. The lowest BCUT2D eigenvalue weighted by molar-refractivity contribution is -0.0618. The van der Waals surface area contributed by atoms with E-state index in [2.05, 4.69) is 9.88 Å². The van der Waals surface area contributed by atoms with Crippen LogP contribution in [0.4, 0.5) is 11.7 Å². The number of nitrogens with two attached hydrogens (primary N) is 1. The molecule has 2 fully saturated rings. The quantitative estimate of drug-likeness (QED) is 0.788. The highest BCUT2D eigenvalue weighted by Gasteiger charge is 2.43. The third-order valence-corrected chi connectivity index (χ3v) is 5.10. The minimum atomic E-state index is -0.467. The van der Waals surface area contributed by atoms with Gasteiger partial charge in [0.25, 0.3) is 6.01 Å². The second kappa shape index (κ2) is 4.63. The van der Waals surface area contributed by atoms with Crippen molar-refractivity contribution < 1.29 is 9.52 Å². The Bertz CT molecular complexity index is 669. The van der Waals surface area contributed by atoms with E-state index in [9.17, 15) is 5.11 Å². The molecule has 0 amide bonds. The molecule has 1 saturated heterocycles. The lowest BCUT2D eigenvalue weighted by Crippen LogP contribution is -2.53. The molecule has 1 aromatic heterocycles. The molecule has 1 aliphatic carbocycles. The highest BCUT2D eigenvalue weighted by atomic mass is 16.4. The Morgan fingerprint density at radius 3 is 3.14 bits per heavy atom. The van der Waals surface area contributed by atoms with Crippen molar-refractivity contribution in [2.24, 2.45) is 5.92 Å². The summed E-state index contributed by atoms with van der Waals surface area (Å²) in [5, 5.41) is 10.7. The van der Waals surface area contributed by atoms with Crippen molar-refractivity contribution in [3.8, 4) is 0 Å². The molecule has 1 aromatic carbocycles. The van der Waals surface area contributed by atoms with Gasteiger partial charge < -0.3 is 20.2 Å². The number of fused-ring (bicyclic) bond motifs is 2. The molecule has 0 bridgehead atoms. The third-order valence-electron chi connectivity index (χ3n) is 5.10. The fraction of sp³-hybridized carbons (Fsp3) is 0.562. The van der Waals surface area contributed by atoms with E-state index in [-0.39, 0.29) is 0 Å². The minimum absolute atomic E-state index is 0.333. The number of rotatable bonds is 1. The number of hydrogen-bond donors (Lipinski definition) is 2. The summed E-state index contributed by atoms with van der Waals surface area (Å²) in [5.74, 6) is 0.333. The normalized spacial score (nSPS) is 29.6. The van der Waals surface area contributed by atoms with Gasteiger partial charge in [0.1, 0.15) is 5.52 Å². The van der Waals surface area contributed by atoms with E-state index in [1.807, 2.05) is 18.2 Å². The van der Waals surface area contributed by atoms with E-state index in [0.717, 1.165) is 49.9 Å². The van der Waals surface area contributed by atoms with Crippen molar-refractivity contribution in [1.29, 1.82) is 0 Å². The molecule has 3 N–H and O–H groups in total. The summed E-state index contributed by atoms with van der Waals surface area (Å²) in [5.41, 5.74) is 7.59. The van der Waals surface area contributed by atoms with Crippen LogP contribution in [-0.2, 0) is 0 Å². The number of anilines is 2. The molecule has 2 atom stereocenters. The zero-order valence-electron chi connectivity index (χ0n) is 12.1. The lowest BCUT2D eigenvalue weighted by Gasteiger charge is -2.46. The maximum Gasteiger partial charge on any atom is 0.298 e. The number of hydrogen-bond acceptors (Lipinski definition) is 5. The predicted octanol–water partition coefficient (Wildman–Crippen LogP) is 2.54. The van der Waals surface area contributed by atoms with Crippen molar-refractivity contribution in [2.75, 3.05) is 23.7 Å². The lowest BCUT2D eigenvalue weighted by atomic mass is 9.71. The Labute approximate surface area is 123 Å². The van der Waals surface area contributed by atoms with E-state index in [1.54, 1.807) is 0 Å². The number of piperidine rings is 1. The van der Waals surface area contributed by atoms with E-state index in [4.69, 9.17) is 10.2 Å². The molecule has 5 heteroatoms. The predicted molar refractivity (Wildman–Crippen MR) is 82.2 cm³/mol. The van der Waals surface area contributed by atoms with Crippen LogP contribution in [0, 0.1) is 5.92 Å². The highest BCUT2D eigenvalue weighted by molar-refractivity contribution is 5.78. The van der Waals surface area contributed by atoms with Crippen molar-refractivity contribution in [1.82, 2.24) is 4.98 Å². The average Bonchev–Trinajstić information content (AvgIpc) is 2.89. The smallest absolute Gasteiger partial charge is 0.298 e. The molecule has 21 heavy (non-hydrogen) atoms. The van der Waals surface area contributed by atoms with Gasteiger partial charge in [-0.25, -0.2) is 0 Å². The van der Waals surface area contributed by atoms with Crippen LogP contribution in [0.5, 0.6) is 0 Å². The van der Waals surface area contributed by atoms with Crippen LogP contribution in [-0.4, -0.2) is 28.8 Å². The average molecular weight is 287 g/mol. The summed E-state index contributed by atoms with van der Waals surface area (Å²) in [6.45, 7) is 1.63. The van der Waals surface area contributed by atoms with Gasteiger partial charge in [0, 0.05) is 24.7 Å². The van der Waals surface area contributed by atoms with Crippen LogP contribution < -0.4 is 10.6 Å². The van der Waals surface area contributed by atoms with Crippen molar-refractivity contribution in [2.45, 2.75) is 37.7 Å². The van der Waals surface area contributed by atoms with Gasteiger partial charge in [-0.3, -0.25) is 0 Å². The van der Waals surface area contributed by atoms with Gasteiger partial charge in [0.15, 0.2) is 5.58 Å². The van der Waals surface area contributed by atoms with E-state index in [1.165, 1.54) is 6.42 Å². The molecular formula is C16H21N3O2. The van der Waals surface area contributed by atoms with Gasteiger partial charge in [-0.15, -0.1) is 0 Å². The second-order valence-electron chi connectivity index (χ2n) is 6.47. The number of nitrogens with zero attached hydrogens (tertiary/aromatic N) is 2. The number of nitrogen functional groups attached to an aromatic ring is 1. The molecular weight excluding hydrogens is 266 g/mol. The Kier molecular flexibility index (Phi) is 2.85. The van der Waals surface area contributed by atoms with Crippen molar-refractivity contribution in [3.63, 3.8) is 0 Å². The van der Waals surface area contributed by atoms with Gasteiger partial charge in [-0.1, -0.05) is 12.8 Å². The zero-order valence-corrected chi connectivity index (χ0v) is 12.1. The highest BCUT2D eigenvalue weighted by Crippen LogP contribution is 2.41. The number of oxazole rings is 1. The van der Waals surface area contributed by atoms with Crippen LogP contribution in [0.15, 0.2) is 22.6 Å². The van der Waals surface area contributed by atoms with E-state index >= 15 is 0 Å². The van der Waals surface area contributed by atoms with Gasteiger partial charge in [-0.05, 0) is 37.5 Å². The standard InChI is InChI=1S/C16H21N3O2/c17-12-4-5-14-13(9-12)18-15(21-14)19-8-7-16(20)6-2-1-3-11(16)10-19/h4-5,9,11,20H,1-3,6-8,10,17H2. The fourth-order valence-electron chi connectivity index (χ4n) is 3.81. The molecule has 2 aliphatic rings. The molecule has 0 spiro atoms. The molecule has 1 saturated carbocycles. The molecule has 4 rings (SSSR count). The molecule has 2 unspecified atom stereocenters. The Morgan fingerprint density at radius 2 is 2.24 bits per heavy atom. The monoisotopic (exact) mass is 287 g/mol. The molecule has 2 aromatic rings. The first kappa shape index (κ1) is 13.0.